The van der Waals surface area contributed by atoms with E-state index >= 15 is 0 Å². The number of anilines is 1. The maximum absolute atomic E-state index is 12.0. The van der Waals surface area contributed by atoms with Crippen molar-refractivity contribution in [2.24, 2.45) is 0 Å². The first-order valence-corrected chi connectivity index (χ1v) is 6.75. The normalized spacial score (nSPS) is 11.5. The molecule has 0 spiro atoms. The van der Waals surface area contributed by atoms with Gasteiger partial charge in [0.1, 0.15) is 0 Å². The predicted molar refractivity (Wildman–Crippen MR) is 85.9 cm³/mol. The van der Waals surface area contributed by atoms with E-state index in [4.69, 9.17) is 10.5 Å². The fraction of sp³-hybridized carbons (Fsp3) is 0.0556. The second-order valence-corrected chi connectivity index (χ2v) is 5.18. The number of carbonyl (C=O) groups excluding carboxylic acids is 1. The van der Waals surface area contributed by atoms with Crippen molar-refractivity contribution < 1.29 is 9.53 Å². The second-order valence-electron chi connectivity index (χ2n) is 5.18. The molecule has 0 aliphatic carbocycles. The van der Waals surface area contributed by atoms with E-state index < -0.39 is 0 Å². The molecule has 0 aromatic heterocycles. The zero-order valence-electron chi connectivity index (χ0n) is 11.5. The molecule has 0 radical (unpaired) electrons. The minimum atomic E-state index is -0.319. The Morgan fingerprint density at radius 3 is 2.14 bits per heavy atom. The Bertz CT molecular complexity index is 1000. The second kappa shape index (κ2) is 4.09. The topological polar surface area (TPSA) is 52.3 Å². The fourth-order valence-electron chi connectivity index (χ4n) is 3.11. The van der Waals surface area contributed by atoms with Crippen molar-refractivity contribution in [1.29, 1.82) is 0 Å². The largest absolute Gasteiger partial charge is 0.465 e. The summed E-state index contributed by atoms with van der Waals surface area (Å²) in [6.45, 7) is 0. The van der Waals surface area contributed by atoms with Crippen molar-refractivity contribution in [2.45, 2.75) is 0 Å². The molecule has 0 bridgehead atoms. The van der Waals surface area contributed by atoms with Gasteiger partial charge in [-0.05, 0) is 39.1 Å². The van der Waals surface area contributed by atoms with Gasteiger partial charge in [-0.15, -0.1) is 0 Å². The van der Waals surface area contributed by atoms with E-state index in [1.807, 2.05) is 36.4 Å². The Morgan fingerprint density at radius 1 is 0.857 bits per heavy atom. The lowest BCUT2D eigenvalue weighted by molar-refractivity contribution is 0.0603. The molecule has 0 saturated heterocycles. The Balaban J connectivity index is 2.30. The molecule has 0 saturated carbocycles. The van der Waals surface area contributed by atoms with Crippen molar-refractivity contribution in [3.8, 4) is 0 Å². The van der Waals surface area contributed by atoms with E-state index in [1.165, 1.54) is 7.11 Å². The van der Waals surface area contributed by atoms with Crippen molar-refractivity contribution in [1.82, 2.24) is 0 Å². The summed E-state index contributed by atoms with van der Waals surface area (Å²) in [4.78, 5) is 12.0. The van der Waals surface area contributed by atoms with Gasteiger partial charge in [0.05, 0.1) is 12.7 Å². The predicted octanol–water partition coefficient (Wildman–Crippen LogP) is 3.95. The average Bonchev–Trinajstić information content (AvgIpc) is 2.53. The molecule has 0 aliphatic rings. The molecule has 0 amide bonds. The third-order valence-corrected chi connectivity index (χ3v) is 4.10. The van der Waals surface area contributed by atoms with E-state index in [2.05, 4.69) is 12.1 Å². The molecule has 3 heteroatoms. The summed E-state index contributed by atoms with van der Waals surface area (Å²) in [6, 6.07) is 15.8. The minimum Gasteiger partial charge on any atom is -0.465 e. The number of hydrogen-bond donors (Lipinski definition) is 1. The maximum atomic E-state index is 12.0. The summed E-state index contributed by atoms with van der Waals surface area (Å²) < 4.78 is 4.89. The van der Waals surface area contributed by atoms with Gasteiger partial charge in [0, 0.05) is 11.1 Å². The summed E-state index contributed by atoms with van der Waals surface area (Å²) in [6.07, 6.45) is 0. The monoisotopic (exact) mass is 275 g/mol. The van der Waals surface area contributed by atoms with Crippen molar-refractivity contribution in [2.75, 3.05) is 12.8 Å². The van der Waals surface area contributed by atoms with Crippen LogP contribution in [0.3, 0.4) is 0 Å². The summed E-state index contributed by atoms with van der Waals surface area (Å²) in [5, 5.41) is 6.33. The molecule has 4 rings (SSSR count). The number of nitrogen functional groups attached to an aromatic ring is 1. The van der Waals surface area contributed by atoms with Crippen LogP contribution in [0.15, 0.2) is 48.5 Å². The first kappa shape index (κ1) is 12.0. The van der Waals surface area contributed by atoms with Gasteiger partial charge in [-0.3, -0.25) is 0 Å². The third-order valence-electron chi connectivity index (χ3n) is 4.10. The van der Waals surface area contributed by atoms with Crippen LogP contribution in [-0.2, 0) is 4.74 Å². The van der Waals surface area contributed by atoms with Gasteiger partial charge in [0.25, 0.3) is 0 Å². The Hall–Kier alpha value is -2.81. The molecule has 0 unspecified atom stereocenters. The van der Waals surface area contributed by atoms with Crippen molar-refractivity contribution >= 4 is 44.0 Å². The molecule has 0 atom stereocenters. The van der Waals surface area contributed by atoms with Crippen LogP contribution in [0.5, 0.6) is 0 Å². The maximum Gasteiger partial charge on any atom is 0.338 e. The molecule has 3 nitrogen and oxygen atoms in total. The highest BCUT2D eigenvalue weighted by Crippen LogP contribution is 2.38. The summed E-state index contributed by atoms with van der Waals surface area (Å²) in [7, 11) is 1.40. The van der Waals surface area contributed by atoms with Crippen molar-refractivity contribution in [3.05, 3.63) is 54.1 Å². The molecule has 0 aliphatic heterocycles. The lowest BCUT2D eigenvalue weighted by Crippen LogP contribution is -2.02. The minimum absolute atomic E-state index is 0.319. The van der Waals surface area contributed by atoms with Gasteiger partial charge in [-0.2, -0.15) is 0 Å². The van der Waals surface area contributed by atoms with Gasteiger partial charge < -0.3 is 10.5 Å². The zero-order chi connectivity index (χ0) is 14.6. The van der Waals surface area contributed by atoms with E-state index in [0.717, 1.165) is 38.0 Å². The van der Waals surface area contributed by atoms with Crippen LogP contribution < -0.4 is 5.73 Å². The number of esters is 1. The quantitative estimate of drug-likeness (QED) is 0.325. The number of ether oxygens (including phenoxy) is 1. The molecule has 4 aromatic carbocycles. The van der Waals surface area contributed by atoms with Crippen LogP contribution in [0.1, 0.15) is 10.4 Å². The number of hydrogen-bond acceptors (Lipinski definition) is 3. The van der Waals surface area contributed by atoms with Crippen LogP contribution >= 0.6 is 0 Å². The van der Waals surface area contributed by atoms with E-state index in [-0.39, 0.29) is 5.97 Å². The van der Waals surface area contributed by atoms with E-state index in [0.29, 0.717) is 5.56 Å². The van der Waals surface area contributed by atoms with Crippen LogP contribution in [0, 0.1) is 0 Å². The van der Waals surface area contributed by atoms with Crippen LogP contribution in [0.4, 0.5) is 5.69 Å². The third kappa shape index (κ3) is 1.51. The smallest absolute Gasteiger partial charge is 0.338 e. The summed E-state index contributed by atoms with van der Waals surface area (Å²) in [5.74, 6) is -0.319. The van der Waals surface area contributed by atoms with E-state index in [1.54, 1.807) is 0 Å². The molecule has 21 heavy (non-hydrogen) atoms. The number of benzene rings is 4. The molecule has 0 fully saturated rings. The van der Waals surface area contributed by atoms with Gasteiger partial charge in [-0.25, -0.2) is 4.79 Å². The fourth-order valence-corrected chi connectivity index (χ4v) is 3.11. The zero-order valence-corrected chi connectivity index (χ0v) is 11.5. The van der Waals surface area contributed by atoms with Crippen LogP contribution in [-0.4, -0.2) is 13.1 Å². The summed E-state index contributed by atoms with van der Waals surface area (Å²) in [5.41, 5.74) is 7.43. The highest BCUT2D eigenvalue weighted by atomic mass is 16.5. The lowest BCUT2D eigenvalue weighted by atomic mass is 9.91. The summed E-state index contributed by atoms with van der Waals surface area (Å²) >= 11 is 0. The van der Waals surface area contributed by atoms with Gasteiger partial charge >= 0.3 is 5.97 Å². The van der Waals surface area contributed by atoms with Gasteiger partial charge in [0.15, 0.2) is 0 Å². The Kier molecular flexibility index (Phi) is 2.33. The van der Waals surface area contributed by atoms with Gasteiger partial charge in [0.2, 0.25) is 0 Å². The molecule has 0 heterocycles. The number of rotatable bonds is 1. The molecule has 4 aromatic rings. The van der Waals surface area contributed by atoms with Crippen molar-refractivity contribution in [3.63, 3.8) is 0 Å². The van der Waals surface area contributed by atoms with Crippen LogP contribution in [0.25, 0.3) is 32.3 Å². The standard InChI is InChI=1S/C18H13NO2/c1-21-18(20)13-6-4-10-2-3-11-5-9-15(19)14-8-7-12(13)16(10)17(11)14/h2-9H,19H2,1H3. The number of methoxy groups -OCH3 is 1. The Labute approximate surface area is 121 Å². The number of carbonyl (C=O) groups is 1. The first-order chi connectivity index (χ1) is 10.2. The highest BCUT2D eigenvalue weighted by Gasteiger charge is 2.15. The highest BCUT2D eigenvalue weighted by molar-refractivity contribution is 6.27. The average molecular weight is 275 g/mol. The van der Waals surface area contributed by atoms with E-state index in [9.17, 15) is 4.79 Å². The van der Waals surface area contributed by atoms with Gasteiger partial charge in [-0.1, -0.05) is 36.4 Å². The Morgan fingerprint density at radius 2 is 1.43 bits per heavy atom. The molecule has 2 N–H and O–H groups in total. The molecule has 102 valence electrons. The van der Waals surface area contributed by atoms with Crippen LogP contribution in [0.2, 0.25) is 0 Å². The SMILES string of the molecule is COC(=O)c1ccc2ccc3ccc(N)c4ccc1c2c34. The first-order valence-electron chi connectivity index (χ1n) is 6.75. The molecular formula is C18H13NO2. The lowest BCUT2D eigenvalue weighted by Gasteiger charge is -2.14. The molecular weight excluding hydrogens is 262 g/mol. The number of nitrogens with two attached hydrogens (primary N) is 1.